The van der Waals surface area contributed by atoms with Crippen LogP contribution < -0.4 is 0 Å². The molecule has 0 saturated carbocycles. The molecule has 2 aromatic rings. The van der Waals surface area contributed by atoms with E-state index in [4.69, 9.17) is 0 Å². The van der Waals surface area contributed by atoms with E-state index in [0.717, 1.165) is 6.07 Å². The number of carbonyl (C=O) groups is 2. The summed E-state index contributed by atoms with van der Waals surface area (Å²) < 4.78 is 13.3. The standard InChI is InChI=1S/C17H10FNO4/c18-9-4-3-5-10(8-9)19-14-13(17(22)23)15(20)11-6-1-2-7-12(11)16(14)21/h1-8,20H,(H,22,23). The molecule has 0 amide bonds. The van der Waals surface area contributed by atoms with Crippen LogP contribution >= 0.6 is 0 Å². The summed E-state index contributed by atoms with van der Waals surface area (Å²) in [4.78, 5) is 27.9. The van der Waals surface area contributed by atoms with Gasteiger partial charge in [0, 0.05) is 11.1 Å². The van der Waals surface area contributed by atoms with E-state index in [2.05, 4.69) is 4.99 Å². The first-order valence-corrected chi connectivity index (χ1v) is 6.64. The van der Waals surface area contributed by atoms with Gasteiger partial charge in [-0.1, -0.05) is 30.3 Å². The molecule has 0 saturated heterocycles. The van der Waals surface area contributed by atoms with Gasteiger partial charge < -0.3 is 10.2 Å². The van der Waals surface area contributed by atoms with Crippen molar-refractivity contribution in [1.29, 1.82) is 0 Å². The van der Waals surface area contributed by atoms with E-state index in [-0.39, 0.29) is 16.8 Å². The predicted molar refractivity (Wildman–Crippen MR) is 81.5 cm³/mol. The number of rotatable bonds is 2. The van der Waals surface area contributed by atoms with Gasteiger partial charge in [-0.25, -0.2) is 14.2 Å². The summed E-state index contributed by atoms with van der Waals surface area (Å²) in [6.07, 6.45) is 0. The van der Waals surface area contributed by atoms with Crippen molar-refractivity contribution in [3.63, 3.8) is 0 Å². The zero-order valence-electron chi connectivity index (χ0n) is 11.7. The van der Waals surface area contributed by atoms with Gasteiger partial charge in [-0.3, -0.25) is 4.79 Å². The first-order valence-electron chi connectivity index (χ1n) is 6.64. The third-order valence-corrected chi connectivity index (χ3v) is 3.38. The van der Waals surface area contributed by atoms with E-state index >= 15 is 0 Å². The molecule has 0 aromatic heterocycles. The molecule has 0 radical (unpaired) electrons. The summed E-state index contributed by atoms with van der Waals surface area (Å²) in [7, 11) is 0. The Morgan fingerprint density at radius 1 is 1.04 bits per heavy atom. The molecule has 23 heavy (non-hydrogen) atoms. The van der Waals surface area contributed by atoms with Crippen LogP contribution in [0.1, 0.15) is 15.9 Å². The second-order valence-electron chi connectivity index (χ2n) is 4.84. The Hall–Kier alpha value is -3.28. The molecule has 0 bridgehead atoms. The van der Waals surface area contributed by atoms with Gasteiger partial charge in [0.15, 0.2) is 0 Å². The van der Waals surface area contributed by atoms with Crippen LogP contribution in [0.5, 0.6) is 0 Å². The van der Waals surface area contributed by atoms with Crippen molar-refractivity contribution in [3.8, 4) is 0 Å². The van der Waals surface area contributed by atoms with Crippen LogP contribution in [-0.4, -0.2) is 27.7 Å². The fraction of sp³-hybridized carbons (Fsp3) is 0. The molecule has 0 heterocycles. The number of Topliss-reactive ketones (excluding diaryl/α,β-unsaturated/α-hetero) is 1. The van der Waals surface area contributed by atoms with Gasteiger partial charge in [0.2, 0.25) is 5.78 Å². The fourth-order valence-corrected chi connectivity index (χ4v) is 2.36. The summed E-state index contributed by atoms with van der Waals surface area (Å²) in [6.45, 7) is 0. The highest BCUT2D eigenvalue weighted by atomic mass is 19.1. The van der Waals surface area contributed by atoms with E-state index in [1.165, 1.54) is 30.3 Å². The number of aliphatic imine (C=N–C) groups is 1. The number of hydrogen-bond acceptors (Lipinski definition) is 4. The predicted octanol–water partition coefficient (Wildman–Crippen LogP) is 3.15. The second-order valence-corrected chi connectivity index (χ2v) is 4.84. The molecule has 3 rings (SSSR count). The number of fused-ring (bicyclic) bond motifs is 1. The van der Waals surface area contributed by atoms with Crippen LogP contribution in [0.25, 0.3) is 5.76 Å². The number of carboxylic acids is 1. The minimum atomic E-state index is -1.49. The van der Waals surface area contributed by atoms with Gasteiger partial charge in [0.25, 0.3) is 0 Å². The maximum absolute atomic E-state index is 13.3. The average Bonchev–Trinajstić information content (AvgIpc) is 2.52. The molecule has 0 spiro atoms. The van der Waals surface area contributed by atoms with Crippen molar-refractivity contribution < 1.29 is 24.2 Å². The smallest absolute Gasteiger partial charge is 0.341 e. The largest absolute Gasteiger partial charge is 0.506 e. The SMILES string of the molecule is O=C(O)C1=C(O)c2ccccc2C(=O)C1=Nc1cccc(F)c1. The molecular formula is C17H10FNO4. The lowest BCUT2D eigenvalue weighted by molar-refractivity contribution is -0.132. The summed E-state index contributed by atoms with van der Waals surface area (Å²) in [5, 5.41) is 19.5. The number of ketones is 1. The third kappa shape index (κ3) is 2.50. The van der Waals surface area contributed by atoms with Crippen LogP contribution in [0.4, 0.5) is 10.1 Å². The molecule has 0 fully saturated rings. The van der Waals surface area contributed by atoms with Crippen molar-refractivity contribution in [2.75, 3.05) is 0 Å². The van der Waals surface area contributed by atoms with E-state index in [1.54, 1.807) is 12.1 Å². The van der Waals surface area contributed by atoms with Crippen molar-refractivity contribution in [2.24, 2.45) is 4.99 Å². The molecule has 0 atom stereocenters. The number of benzene rings is 2. The van der Waals surface area contributed by atoms with Crippen molar-refractivity contribution in [2.45, 2.75) is 0 Å². The van der Waals surface area contributed by atoms with Gasteiger partial charge >= 0.3 is 5.97 Å². The Morgan fingerprint density at radius 2 is 1.74 bits per heavy atom. The van der Waals surface area contributed by atoms with E-state index < -0.39 is 34.6 Å². The molecule has 1 aliphatic carbocycles. The number of carboxylic acid groups (broad SMARTS) is 1. The molecular weight excluding hydrogens is 301 g/mol. The minimum Gasteiger partial charge on any atom is -0.506 e. The van der Waals surface area contributed by atoms with Crippen molar-refractivity contribution in [1.82, 2.24) is 0 Å². The van der Waals surface area contributed by atoms with Gasteiger partial charge in [-0.05, 0) is 18.2 Å². The average molecular weight is 311 g/mol. The maximum atomic E-state index is 13.3. The molecule has 0 unspecified atom stereocenters. The lowest BCUT2D eigenvalue weighted by atomic mass is 9.87. The summed E-state index contributed by atoms with van der Waals surface area (Å²) >= 11 is 0. The van der Waals surface area contributed by atoms with Gasteiger partial charge in [0.05, 0.1) is 5.69 Å². The van der Waals surface area contributed by atoms with Crippen molar-refractivity contribution in [3.05, 3.63) is 71.0 Å². The van der Waals surface area contributed by atoms with E-state index in [0.29, 0.717) is 0 Å². The quantitative estimate of drug-likeness (QED) is 0.892. The summed E-state index contributed by atoms with van der Waals surface area (Å²) in [5.74, 6) is -3.23. The highest BCUT2D eigenvalue weighted by Crippen LogP contribution is 2.30. The Balaban J connectivity index is 2.26. The summed E-state index contributed by atoms with van der Waals surface area (Å²) in [5.41, 5.74) is -0.671. The Kier molecular flexibility index (Phi) is 3.50. The fourth-order valence-electron chi connectivity index (χ4n) is 2.36. The number of hydrogen-bond donors (Lipinski definition) is 2. The number of halogens is 1. The zero-order valence-corrected chi connectivity index (χ0v) is 11.7. The third-order valence-electron chi connectivity index (χ3n) is 3.38. The topological polar surface area (TPSA) is 87.0 Å². The monoisotopic (exact) mass is 311 g/mol. The van der Waals surface area contributed by atoms with Crippen LogP contribution in [0.15, 0.2) is 59.1 Å². The van der Waals surface area contributed by atoms with E-state index in [1.807, 2.05) is 0 Å². The molecule has 6 heteroatoms. The highest BCUT2D eigenvalue weighted by Gasteiger charge is 2.34. The number of aliphatic hydroxyl groups is 1. The Morgan fingerprint density at radius 3 is 2.39 bits per heavy atom. The molecule has 1 aliphatic rings. The first-order chi connectivity index (χ1) is 11.0. The van der Waals surface area contributed by atoms with Gasteiger partial charge in [-0.15, -0.1) is 0 Å². The van der Waals surface area contributed by atoms with Crippen molar-refractivity contribution >= 4 is 28.9 Å². The lowest BCUT2D eigenvalue weighted by Crippen LogP contribution is -2.28. The Labute approximate surface area is 130 Å². The molecule has 0 aliphatic heterocycles. The molecule has 5 nitrogen and oxygen atoms in total. The number of nitrogens with zero attached hydrogens (tertiary/aromatic N) is 1. The second kappa shape index (κ2) is 5.49. The number of carbonyl (C=O) groups excluding carboxylic acids is 1. The molecule has 114 valence electrons. The zero-order chi connectivity index (χ0) is 16.6. The maximum Gasteiger partial charge on any atom is 0.341 e. The van der Waals surface area contributed by atoms with Crippen LogP contribution in [0.2, 0.25) is 0 Å². The van der Waals surface area contributed by atoms with Crippen LogP contribution in [0.3, 0.4) is 0 Å². The molecule has 2 aromatic carbocycles. The highest BCUT2D eigenvalue weighted by molar-refractivity contribution is 6.59. The van der Waals surface area contributed by atoms with Gasteiger partial charge in [0.1, 0.15) is 22.9 Å². The van der Waals surface area contributed by atoms with Gasteiger partial charge in [-0.2, -0.15) is 0 Å². The number of aliphatic hydroxyl groups excluding tert-OH is 1. The molecule has 2 N–H and O–H groups in total. The minimum absolute atomic E-state index is 0.0827. The summed E-state index contributed by atoms with van der Waals surface area (Å²) in [6, 6.07) is 11.2. The number of aliphatic carboxylic acids is 1. The van der Waals surface area contributed by atoms with E-state index in [9.17, 15) is 24.2 Å². The van der Waals surface area contributed by atoms with Crippen LogP contribution in [-0.2, 0) is 4.79 Å². The lowest BCUT2D eigenvalue weighted by Gasteiger charge is -2.18. The Bertz CT molecular complexity index is 899. The van der Waals surface area contributed by atoms with Crippen LogP contribution in [0, 0.1) is 5.82 Å². The first kappa shape index (κ1) is 14.6. The normalized spacial score (nSPS) is 15.7.